The van der Waals surface area contributed by atoms with Crippen molar-refractivity contribution >= 4 is 5.70 Å². The van der Waals surface area contributed by atoms with Gasteiger partial charge >= 0.3 is 0 Å². The Hall–Kier alpha value is -3.60. The number of phenols is 3. The highest BCUT2D eigenvalue weighted by Crippen LogP contribution is 2.46. The first-order chi connectivity index (χ1) is 13.5. The van der Waals surface area contributed by atoms with Crippen LogP contribution in [0.2, 0.25) is 0 Å². The number of hydrogen-bond donors (Lipinski definition) is 3. The fraction of sp³-hybridized carbons (Fsp3) is 0.130. The summed E-state index contributed by atoms with van der Waals surface area (Å²) >= 11 is 0. The van der Waals surface area contributed by atoms with Crippen LogP contribution in [0, 0.1) is 0 Å². The standard InChI is InChI=1S/C23H20N2O3/c1-15-22(17-5-9-19(26)10-6-17)24-25-23(15,18-7-11-20(27)12-8-18)14-16-3-2-4-21(28)13-16/h2-13,26-28H,14H2,1H3. The van der Waals surface area contributed by atoms with E-state index >= 15 is 0 Å². The minimum absolute atomic E-state index is 0.187. The number of benzene rings is 3. The predicted octanol–water partition coefficient (Wildman–Crippen LogP) is 5.14. The third-order valence-corrected chi connectivity index (χ3v) is 5.15. The molecule has 0 aliphatic carbocycles. The molecule has 0 saturated carbocycles. The molecule has 0 saturated heterocycles. The molecule has 3 aromatic rings. The number of nitrogens with zero attached hydrogens (tertiary/aromatic N) is 2. The van der Waals surface area contributed by atoms with E-state index in [1.165, 1.54) is 0 Å². The van der Waals surface area contributed by atoms with E-state index in [1.54, 1.807) is 42.5 Å². The third kappa shape index (κ3) is 3.11. The van der Waals surface area contributed by atoms with Gasteiger partial charge in [0.2, 0.25) is 0 Å². The van der Waals surface area contributed by atoms with Gasteiger partial charge in [0.05, 0.1) is 5.70 Å². The fourth-order valence-corrected chi connectivity index (χ4v) is 3.62. The molecular weight excluding hydrogens is 352 g/mol. The summed E-state index contributed by atoms with van der Waals surface area (Å²) in [5.41, 5.74) is 3.69. The Morgan fingerprint density at radius 1 is 0.786 bits per heavy atom. The smallest absolute Gasteiger partial charge is 0.134 e. The second-order valence-electron chi connectivity index (χ2n) is 6.97. The molecule has 3 aromatic carbocycles. The molecule has 0 radical (unpaired) electrons. The average molecular weight is 372 g/mol. The highest BCUT2D eigenvalue weighted by atomic mass is 16.3. The van der Waals surface area contributed by atoms with Gasteiger partial charge in [-0.15, -0.1) is 0 Å². The molecule has 1 heterocycles. The maximum atomic E-state index is 9.88. The van der Waals surface area contributed by atoms with Crippen LogP contribution in [0.4, 0.5) is 0 Å². The van der Waals surface area contributed by atoms with Crippen LogP contribution in [-0.4, -0.2) is 15.3 Å². The van der Waals surface area contributed by atoms with Crippen LogP contribution in [0.25, 0.3) is 5.70 Å². The maximum absolute atomic E-state index is 9.88. The first-order valence-corrected chi connectivity index (χ1v) is 8.99. The second kappa shape index (κ2) is 6.85. The topological polar surface area (TPSA) is 85.4 Å². The molecule has 0 fully saturated rings. The molecular formula is C23H20N2O3. The molecule has 5 nitrogen and oxygen atoms in total. The molecule has 1 atom stereocenters. The molecule has 0 bridgehead atoms. The summed E-state index contributed by atoms with van der Waals surface area (Å²) in [4.78, 5) is 0. The van der Waals surface area contributed by atoms with Gasteiger partial charge in [-0.25, -0.2) is 0 Å². The lowest BCUT2D eigenvalue weighted by Gasteiger charge is -2.28. The van der Waals surface area contributed by atoms with Gasteiger partial charge in [-0.1, -0.05) is 24.3 Å². The summed E-state index contributed by atoms with van der Waals surface area (Å²) in [6, 6.07) is 21.0. The van der Waals surface area contributed by atoms with Crippen molar-refractivity contribution in [1.82, 2.24) is 0 Å². The zero-order chi connectivity index (χ0) is 19.7. The molecule has 0 spiro atoms. The fourth-order valence-electron chi connectivity index (χ4n) is 3.62. The summed E-state index contributed by atoms with van der Waals surface area (Å²) in [5.74, 6) is 0.585. The van der Waals surface area contributed by atoms with Crippen molar-refractivity contribution in [3.63, 3.8) is 0 Å². The van der Waals surface area contributed by atoms with Gasteiger partial charge in [0.25, 0.3) is 0 Å². The first kappa shape index (κ1) is 17.8. The largest absolute Gasteiger partial charge is 0.508 e. The van der Waals surface area contributed by atoms with Crippen LogP contribution in [0.1, 0.15) is 23.6 Å². The van der Waals surface area contributed by atoms with E-state index in [-0.39, 0.29) is 17.2 Å². The average Bonchev–Trinajstić information content (AvgIpc) is 3.00. The highest BCUT2D eigenvalue weighted by molar-refractivity contribution is 5.72. The molecule has 4 rings (SSSR count). The van der Waals surface area contributed by atoms with Crippen molar-refractivity contribution in [1.29, 1.82) is 0 Å². The van der Waals surface area contributed by atoms with Crippen molar-refractivity contribution in [2.75, 3.05) is 0 Å². The molecule has 5 heteroatoms. The number of rotatable bonds is 4. The van der Waals surface area contributed by atoms with Crippen LogP contribution < -0.4 is 0 Å². The van der Waals surface area contributed by atoms with Gasteiger partial charge in [-0.2, -0.15) is 10.2 Å². The summed E-state index contributed by atoms with van der Waals surface area (Å²) in [5, 5.41) is 38.3. The Labute approximate surface area is 163 Å². The highest BCUT2D eigenvalue weighted by Gasteiger charge is 2.40. The van der Waals surface area contributed by atoms with Crippen LogP contribution in [0.3, 0.4) is 0 Å². The van der Waals surface area contributed by atoms with E-state index in [0.717, 1.165) is 28.0 Å². The molecule has 28 heavy (non-hydrogen) atoms. The number of phenolic OH excluding ortho intramolecular Hbond substituents is 3. The van der Waals surface area contributed by atoms with Crippen molar-refractivity contribution in [2.24, 2.45) is 10.2 Å². The zero-order valence-electron chi connectivity index (χ0n) is 15.4. The first-order valence-electron chi connectivity index (χ1n) is 8.99. The minimum Gasteiger partial charge on any atom is -0.508 e. The second-order valence-corrected chi connectivity index (χ2v) is 6.97. The van der Waals surface area contributed by atoms with Crippen LogP contribution in [-0.2, 0) is 12.0 Å². The molecule has 1 aliphatic rings. The van der Waals surface area contributed by atoms with Crippen LogP contribution in [0.15, 0.2) is 88.6 Å². The van der Waals surface area contributed by atoms with Crippen molar-refractivity contribution in [2.45, 2.75) is 18.9 Å². The molecule has 0 amide bonds. The molecule has 3 N–H and O–H groups in total. The van der Waals surface area contributed by atoms with E-state index in [4.69, 9.17) is 0 Å². The summed E-state index contributed by atoms with van der Waals surface area (Å²) < 4.78 is 0. The Bertz CT molecular complexity index is 1070. The molecule has 0 aromatic heterocycles. The van der Waals surface area contributed by atoms with Crippen molar-refractivity contribution < 1.29 is 15.3 Å². The maximum Gasteiger partial charge on any atom is 0.134 e. The van der Waals surface area contributed by atoms with Gasteiger partial charge in [-0.3, -0.25) is 0 Å². The van der Waals surface area contributed by atoms with E-state index < -0.39 is 5.54 Å². The predicted molar refractivity (Wildman–Crippen MR) is 107 cm³/mol. The van der Waals surface area contributed by atoms with Gasteiger partial charge in [0, 0.05) is 12.0 Å². The summed E-state index contributed by atoms with van der Waals surface area (Å²) in [6.45, 7) is 2.00. The molecule has 1 aliphatic heterocycles. The minimum atomic E-state index is -0.741. The lowest BCUT2D eigenvalue weighted by molar-refractivity contribution is 0.469. The Kier molecular flexibility index (Phi) is 4.35. The van der Waals surface area contributed by atoms with Crippen LogP contribution in [0.5, 0.6) is 17.2 Å². The van der Waals surface area contributed by atoms with Gasteiger partial charge in [0.1, 0.15) is 22.8 Å². The third-order valence-electron chi connectivity index (χ3n) is 5.15. The molecule has 1 unspecified atom stereocenters. The molecule has 140 valence electrons. The lowest BCUT2D eigenvalue weighted by atomic mass is 9.78. The monoisotopic (exact) mass is 372 g/mol. The SMILES string of the molecule is CC1=C(c2ccc(O)cc2)N=NC1(Cc1cccc(O)c1)c1ccc(O)cc1. The Balaban J connectivity index is 1.85. The van der Waals surface area contributed by atoms with E-state index in [9.17, 15) is 15.3 Å². The Morgan fingerprint density at radius 2 is 1.43 bits per heavy atom. The van der Waals surface area contributed by atoms with Crippen LogP contribution >= 0.6 is 0 Å². The van der Waals surface area contributed by atoms with Crippen molar-refractivity contribution in [3.05, 3.63) is 95.1 Å². The van der Waals surface area contributed by atoms with Gasteiger partial charge in [0.15, 0.2) is 0 Å². The quantitative estimate of drug-likeness (QED) is 0.593. The normalized spacial score (nSPS) is 18.6. The Morgan fingerprint density at radius 3 is 2.07 bits per heavy atom. The summed E-state index contributed by atoms with van der Waals surface area (Å²) in [6.07, 6.45) is 0.517. The van der Waals surface area contributed by atoms with E-state index in [0.29, 0.717) is 6.42 Å². The van der Waals surface area contributed by atoms with E-state index in [2.05, 4.69) is 10.2 Å². The lowest BCUT2D eigenvalue weighted by Crippen LogP contribution is -2.26. The van der Waals surface area contributed by atoms with Gasteiger partial charge < -0.3 is 15.3 Å². The number of aromatic hydroxyl groups is 3. The number of hydrogen-bond acceptors (Lipinski definition) is 5. The summed E-state index contributed by atoms with van der Waals surface area (Å²) in [7, 11) is 0. The number of azo groups is 1. The van der Waals surface area contributed by atoms with Crippen molar-refractivity contribution in [3.8, 4) is 17.2 Å². The van der Waals surface area contributed by atoms with E-state index in [1.807, 2.05) is 37.3 Å². The van der Waals surface area contributed by atoms with Gasteiger partial charge in [-0.05, 0) is 72.2 Å². The zero-order valence-corrected chi connectivity index (χ0v) is 15.4.